The number of ether oxygens (including phenoxy) is 2. The minimum Gasteiger partial charge on any atom is -0.493 e. The smallest absolute Gasteiger partial charge is 0.131 e. The number of hydrogen-bond donors (Lipinski definition) is 1. The van der Waals surface area contributed by atoms with Gasteiger partial charge in [-0.3, -0.25) is 0 Å². The Morgan fingerprint density at radius 1 is 0.895 bits per heavy atom. The average Bonchev–Trinajstić information content (AvgIpc) is 2.45. The van der Waals surface area contributed by atoms with E-state index in [1.807, 2.05) is 54.6 Å². The Balaban J connectivity index is 1.91. The Morgan fingerprint density at radius 2 is 1.63 bits per heavy atom. The lowest BCUT2D eigenvalue weighted by Gasteiger charge is -2.09. The average molecular weight is 278 g/mol. The van der Waals surface area contributed by atoms with Gasteiger partial charge in [0.15, 0.2) is 0 Å². The zero-order chi connectivity index (χ0) is 13.3. The monoisotopic (exact) mass is 277 g/mol. The largest absolute Gasteiger partial charge is 0.493 e. The van der Waals surface area contributed by atoms with Gasteiger partial charge in [0.1, 0.15) is 17.2 Å². The maximum absolute atomic E-state index is 5.73. The van der Waals surface area contributed by atoms with E-state index < -0.39 is 0 Å². The summed E-state index contributed by atoms with van der Waals surface area (Å²) in [5.41, 5.74) is 0. The number of rotatable bonds is 7. The van der Waals surface area contributed by atoms with Crippen molar-refractivity contribution in [2.75, 3.05) is 13.2 Å². The first kappa shape index (κ1) is 13.7. The van der Waals surface area contributed by atoms with Gasteiger partial charge in [-0.25, -0.2) is 4.84 Å². The van der Waals surface area contributed by atoms with Gasteiger partial charge < -0.3 is 9.47 Å². The van der Waals surface area contributed by atoms with Gasteiger partial charge in [0.25, 0.3) is 0 Å². The molecule has 0 heterocycles. The fraction of sp³-hybridized carbons (Fsp3) is 0.200. The summed E-state index contributed by atoms with van der Waals surface area (Å²) in [5, 5.41) is 0. The summed E-state index contributed by atoms with van der Waals surface area (Å²) in [7, 11) is 0. The van der Waals surface area contributed by atoms with Gasteiger partial charge in [0.05, 0.1) is 6.61 Å². The molecule has 0 unspecified atom stereocenters. The molecule has 3 nitrogen and oxygen atoms in total. The highest BCUT2D eigenvalue weighted by molar-refractivity contribution is 6.13. The lowest BCUT2D eigenvalue weighted by atomic mass is 10.3. The molecule has 2 rings (SSSR count). The van der Waals surface area contributed by atoms with Crippen molar-refractivity contribution in [1.82, 2.24) is 4.84 Å². The van der Waals surface area contributed by atoms with E-state index in [-0.39, 0.29) is 0 Å². The molecule has 2 aromatic carbocycles. The Kier molecular flexibility index (Phi) is 5.53. The third-order valence-electron chi connectivity index (χ3n) is 2.47. The molecular formula is C15H16ClNO2. The first-order valence-corrected chi connectivity index (χ1v) is 6.55. The van der Waals surface area contributed by atoms with Crippen LogP contribution in [-0.4, -0.2) is 13.2 Å². The zero-order valence-corrected chi connectivity index (χ0v) is 11.3. The van der Waals surface area contributed by atoms with E-state index in [2.05, 4.69) is 4.84 Å². The van der Waals surface area contributed by atoms with Crippen LogP contribution in [0.15, 0.2) is 54.6 Å². The Labute approximate surface area is 118 Å². The van der Waals surface area contributed by atoms with Gasteiger partial charge in [0, 0.05) is 12.6 Å². The van der Waals surface area contributed by atoms with E-state index in [0.29, 0.717) is 6.61 Å². The highest BCUT2D eigenvalue weighted by atomic mass is 35.5. The SMILES string of the molecule is ClNCCCOc1cccc(Oc2ccccc2)c1. The number of benzene rings is 2. The van der Waals surface area contributed by atoms with Gasteiger partial charge >= 0.3 is 0 Å². The van der Waals surface area contributed by atoms with E-state index in [0.717, 1.165) is 30.2 Å². The Bertz CT molecular complexity index is 491. The maximum atomic E-state index is 5.73. The summed E-state index contributed by atoms with van der Waals surface area (Å²) in [6, 6.07) is 17.3. The fourth-order valence-corrected chi connectivity index (χ4v) is 1.71. The predicted molar refractivity (Wildman–Crippen MR) is 76.9 cm³/mol. The van der Waals surface area contributed by atoms with Crippen LogP contribution in [0.2, 0.25) is 0 Å². The first-order chi connectivity index (χ1) is 9.38. The van der Waals surface area contributed by atoms with E-state index in [4.69, 9.17) is 21.3 Å². The van der Waals surface area contributed by atoms with Crippen LogP contribution in [0.4, 0.5) is 0 Å². The Hall–Kier alpha value is -1.71. The molecule has 100 valence electrons. The second-order valence-corrected chi connectivity index (χ2v) is 4.24. The minimum atomic E-state index is 0.620. The van der Waals surface area contributed by atoms with Crippen LogP contribution in [0.1, 0.15) is 6.42 Å². The molecule has 0 fully saturated rings. The van der Waals surface area contributed by atoms with E-state index in [1.54, 1.807) is 0 Å². The van der Waals surface area contributed by atoms with Gasteiger partial charge in [-0.1, -0.05) is 24.3 Å². The van der Waals surface area contributed by atoms with Gasteiger partial charge in [-0.05, 0) is 42.5 Å². The molecule has 0 saturated carbocycles. The maximum Gasteiger partial charge on any atom is 0.131 e. The molecule has 0 spiro atoms. The number of para-hydroxylation sites is 1. The fourth-order valence-electron chi connectivity index (χ4n) is 1.58. The highest BCUT2D eigenvalue weighted by Gasteiger charge is 1.99. The lowest BCUT2D eigenvalue weighted by molar-refractivity contribution is 0.310. The molecule has 0 aliphatic rings. The molecular weight excluding hydrogens is 262 g/mol. The molecule has 0 radical (unpaired) electrons. The van der Waals surface area contributed by atoms with Crippen molar-refractivity contribution >= 4 is 11.8 Å². The summed E-state index contributed by atoms with van der Waals surface area (Å²) in [5.74, 6) is 2.37. The molecule has 0 aliphatic carbocycles. The summed E-state index contributed by atoms with van der Waals surface area (Å²) in [6.45, 7) is 1.34. The van der Waals surface area contributed by atoms with E-state index >= 15 is 0 Å². The van der Waals surface area contributed by atoms with Crippen molar-refractivity contribution in [2.24, 2.45) is 0 Å². The van der Waals surface area contributed by atoms with Crippen molar-refractivity contribution in [3.05, 3.63) is 54.6 Å². The van der Waals surface area contributed by atoms with E-state index in [9.17, 15) is 0 Å². The Morgan fingerprint density at radius 3 is 2.42 bits per heavy atom. The second-order valence-electron chi connectivity index (χ2n) is 3.98. The van der Waals surface area contributed by atoms with Crippen LogP contribution in [0, 0.1) is 0 Å². The van der Waals surface area contributed by atoms with Crippen molar-refractivity contribution in [1.29, 1.82) is 0 Å². The molecule has 4 heteroatoms. The lowest BCUT2D eigenvalue weighted by Crippen LogP contribution is -2.07. The normalized spacial score (nSPS) is 10.2. The molecule has 0 atom stereocenters. The van der Waals surface area contributed by atoms with Crippen LogP contribution >= 0.6 is 11.8 Å². The second kappa shape index (κ2) is 7.67. The molecule has 0 aliphatic heterocycles. The zero-order valence-electron chi connectivity index (χ0n) is 10.5. The van der Waals surface area contributed by atoms with Crippen LogP contribution in [-0.2, 0) is 0 Å². The van der Waals surface area contributed by atoms with Crippen LogP contribution in [0.25, 0.3) is 0 Å². The summed E-state index contributed by atoms with van der Waals surface area (Å²) in [4.78, 5) is 2.57. The van der Waals surface area contributed by atoms with Gasteiger partial charge in [-0.2, -0.15) is 0 Å². The van der Waals surface area contributed by atoms with Crippen molar-refractivity contribution in [3.63, 3.8) is 0 Å². The topological polar surface area (TPSA) is 30.5 Å². The van der Waals surface area contributed by atoms with Crippen molar-refractivity contribution in [3.8, 4) is 17.2 Å². The highest BCUT2D eigenvalue weighted by Crippen LogP contribution is 2.24. The molecule has 0 bridgehead atoms. The van der Waals surface area contributed by atoms with Crippen molar-refractivity contribution < 1.29 is 9.47 Å². The van der Waals surface area contributed by atoms with Crippen molar-refractivity contribution in [2.45, 2.75) is 6.42 Å². The minimum absolute atomic E-state index is 0.620. The molecule has 0 amide bonds. The predicted octanol–water partition coefficient (Wildman–Crippen LogP) is 3.99. The number of halogens is 1. The third-order valence-corrected chi connectivity index (χ3v) is 2.66. The summed E-state index contributed by atoms with van der Waals surface area (Å²) >= 11 is 5.37. The summed E-state index contributed by atoms with van der Waals surface area (Å²) < 4.78 is 11.3. The van der Waals surface area contributed by atoms with Gasteiger partial charge in [0.2, 0.25) is 0 Å². The summed E-state index contributed by atoms with van der Waals surface area (Å²) in [6.07, 6.45) is 0.854. The van der Waals surface area contributed by atoms with Crippen LogP contribution in [0.3, 0.4) is 0 Å². The number of hydrogen-bond acceptors (Lipinski definition) is 3. The quantitative estimate of drug-likeness (QED) is 0.613. The first-order valence-electron chi connectivity index (χ1n) is 6.18. The third kappa shape index (κ3) is 4.81. The van der Waals surface area contributed by atoms with Crippen LogP contribution < -0.4 is 14.3 Å². The standard InChI is InChI=1S/C15H16ClNO2/c16-17-10-5-11-18-14-8-4-9-15(12-14)19-13-6-2-1-3-7-13/h1-4,6-9,12,17H,5,10-11H2. The van der Waals surface area contributed by atoms with Gasteiger partial charge in [-0.15, -0.1) is 0 Å². The molecule has 0 saturated heterocycles. The molecule has 2 aromatic rings. The molecule has 1 N–H and O–H groups in total. The molecule has 0 aromatic heterocycles. The molecule has 19 heavy (non-hydrogen) atoms. The van der Waals surface area contributed by atoms with E-state index in [1.165, 1.54) is 0 Å². The van der Waals surface area contributed by atoms with Crippen LogP contribution in [0.5, 0.6) is 17.2 Å². The number of nitrogens with one attached hydrogen (secondary N) is 1.